The van der Waals surface area contributed by atoms with Crippen LogP contribution in [0.25, 0.3) is 0 Å². The molecule has 0 saturated carbocycles. The lowest BCUT2D eigenvalue weighted by atomic mass is 10.1. The summed E-state index contributed by atoms with van der Waals surface area (Å²) >= 11 is 1.70. The SMILES string of the molecule is CSCCC(=O)N[C@@H](C)[C@H]1CCCO1. The molecule has 1 saturated heterocycles. The van der Waals surface area contributed by atoms with Crippen LogP contribution in [0.5, 0.6) is 0 Å². The Morgan fingerprint density at radius 3 is 3.07 bits per heavy atom. The van der Waals surface area contributed by atoms with Crippen molar-refractivity contribution in [2.45, 2.75) is 38.3 Å². The number of thioether (sulfide) groups is 1. The Morgan fingerprint density at radius 1 is 1.71 bits per heavy atom. The number of rotatable bonds is 5. The summed E-state index contributed by atoms with van der Waals surface area (Å²) in [4.78, 5) is 11.4. The minimum atomic E-state index is 0.141. The molecule has 0 spiro atoms. The summed E-state index contributed by atoms with van der Waals surface area (Å²) in [6, 6.07) is 0.159. The summed E-state index contributed by atoms with van der Waals surface area (Å²) in [5.41, 5.74) is 0. The van der Waals surface area contributed by atoms with Gasteiger partial charge in [-0.2, -0.15) is 11.8 Å². The van der Waals surface area contributed by atoms with Crippen LogP contribution in [0.2, 0.25) is 0 Å². The Hall–Kier alpha value is -0.220. The van der Waals surface area contributed by atoms with Crippen molar-refractivity contribution in [2.24, 2.45) is 0 Å². The van der Waals surface area contributed by atoms with Gasteiger partial charge in [0, 0.05) is 18.8 Å². The highest BCUT2D eigenvalue weighted by molar-refractivity contribution is 7.98. The molecule has 3 nitrogen and oxygen atoms in total. The number of carbonyl (C=O) groups excluding carboxylic acids is 1. The predicted molar refractivity (Wildman–Crippen MR) is 59.6 cm³/mol. The van der Waals surface area contributed by atoms with E-state index in [1.165, 1.54) is 0 Å². The lowest BCUT2D eigenvalue weighted by molar-refractivity contribution is -0.122. The zero-order valence-corrected chi connectivity index (χ0v) is 9.73. The smallest absolute Gasteiger partial charge is 0.221 e. The Bertz CT molecular complexity index is 181. The molecule has 82 valence electrons. The summed E-state index contributed by atoms with van der Waals surface area (Å²) in [5, 5.41) is 2.98. The van der Waals surface area contributed by atoms with E-state index >= 15 is 0 Å². The van der Waals surface area contributed by atoms with Gasteiger partial charge in [0.15, 0.2) is 0 Å². The van der Waals surface area contributed by atoms with Crippen molar-refractivity contribution in [3.8, 4) is 0 Å². The zero-order chi connectivity index (χ0) is 10.4. The summed E-state index contributed by atoms with van der Waals surface area (Å²) in [6.45, 7) is 2.86. The van der Waals surface area contributed by atoms with E-state index < -0.39 is 0 Å². The van der Waals surface area contributed by atoms with Crippen LogP contribution in [0.1, 0.15) is 26.2 Å². The van der Waals surface area contributed by atoms with Crippen molar-refractivity contribution in [3.05, 3.63) is 0 Å². The first-order valence-electron chi connectivity index (χ1n) is 5.14. The monoisotopic (exact) mass is 217 g/mol. The second kappa shape index (κ2) is 6.30. The van der Waals surface area contributed by atoms with Gasteiger partial charge in [0.1, 0.15) is 0 Å². The molecule has 0 aromatic rings. The highest BCUT2D eigenvalue weighted by atomic mass is 32.2. The fraction of sp³-hybridized carbons (Fsp3) is 0.900. The molecule has 1 N–H and O–H groups in total. The molecule has 0 aromatic heterocycles. The summed E-state index contributed by atoms with van der Waals surface area (Å²) in [6.07, 6.45) is 5.04. The van der Waals surface area contributed by atoms with Crippen molar-refractivity contribution in [3.63, 3.8) is 0 Å². The molecule has 0 radical (unpaired) electrons. The molecule has 14 heavy (non-hydrogen) atoms. The van der Waals surface area contributed by atoms with E-state index in [4.69, 9.17) is 4.74 Å². The Labute approximate surface area is 90.0 Å². The standard InChI is InChI=1S/C10H19NO2S/c1-8(9-4-3-6-13-9)11-10(12)5-7-14-2/h8-9H,3-7H2,1-2H3,(H,11,12)/t8-,9+/m0/s1. The predicted octanol–water partition coefficient (Wildman–Crippen LogP) is 1.42. The summed E-state index contributed by atoms with van der Waals surface area (Å²) in [7, 11) is 0. The van der Waals surface area contributed by atoms with E-state index in [1.54, 1.807) is 11.8 Å². The quantitative estimate of drug-likeness (QED) is 0.757. The van der Waals surface area contributed by atoms with Gasteiger partial charge in [0.25, 0.3) is 0 Å². The number of carbonyl (C=O) groups is 1. The summed E-state index contributed by atoms with van der Waals surface area (Å²) in [5.74, 6) is 1.03. The molecule has 1 heterocycles. The lowest BCUT2D eigenvalue weighted by Crippen LogP contribution is -2.40. The van der Waals surface area contributed by atoms with Gasteiger partial charge >= 0.3 is 0 Å². The number of nitrogens with one attached hydrogen (secondary N) is 1. The minimum absolute atomic E-state index is 0.141. The molecule has 1 aliphatic heterocycles. The highest BCUT2D eigenvalue weighted by Crippen LogP contribution is 2.15. The van der Waals surface area contributed by atoms with Crippen molar-refractivity contribution >= 4 is 17.7 Å². The highest BCUT2D eigenvalue weighted by Gasteiger charge is 2.23. The van der Waals surface area contributed by atoms with Crippen LogP contribution < -0.4 is 5.32 Å². The maximum Gasteiger partial charge on any atom is 0.221 e. The number of hydrogen-bond acceptors (Lipinski definition) is 3. The zero-order valence-electron chi connectivity index (χ0n) is 8.91. The lowest BCUT2D eigenvalue weighted by Gasteiger charge is -2.19. The molecule has 0 unspecified atom stereocenters. The molecular formula is C10H19NO2S. The molecule has 0 aliphatic carbocycles. The first kappa shape index (κ1) is 11.9. The van der Waals surface area contributed by atoms with Crippen LogP contribution >= 0.6 is 11.8 Å². The molecule has 4 heteroatoms. The van der Waals surface area contributed by atoms with E-state index in [-0.39, 0.29) is 18.1 Å². The first-order chi connectivity index (χ1) is 6.74. The fourth-order valence-electron chi connectivity index (χ4n) is 1.61. The Morgan fingerprint density at radius 2 is 2.50 bits per heavy atom. The third kappa shape index (κ3) is 3.88. The average molecular weight is 217 g/mol. The average Bonchev–Trinajstić information content (AvgIpc) is 2.67. The van der Waals surface area contributed by atoms with Crippen LogP contribution in [0.15, 0.2) is 0 Å². The number of amides is 1. The molecule has 1 rings (SSSR count). The van der Waals surface area contributed by atoms with Crippen LogP contribution in [-0.2, 0) is 9.53 Å². The summed E-state index contributed by atoms with van der Waals surface area (Å²) < 4.78 is 5.50. The second-order valence-corrected chi connectivity index (χ2v) is 4.64. The van der Waals surface area contributed by atoms with Crippen LogP contribution in [0, 0.1) is 0 Å². The van der Waals surface area contributed by atoms with Gasteiger partial charge in [-0.05, 0) is 26.0 Å². The van der Waals surface area contributed by atoms with Crippen LogP contribution in [-0.4, -0.2) is 36.7 Å². The Kier molecular flexibility index (Phi) is 5.33. The topological polar surface area (TPSA) is 38.3 Å². The van der Waals surface area contributed by atoms with E-state index in [2.05, 4.69) is 5.32 Å². The van der Waals surface area contributed by atoms with Gasteiger partial charge in [-0.1, -0.05) is 0 Å². The number of hydrogen-bond donors (Lipinski definition) is 1. The maximum absolute atomic E-state index is 11.4. The molecule has 2 atom stereocenters. The van der Waals surface area contributed by atoms with Gasteiger partial charge in [-0.25, -0.2) is 0 Å². The molecule has 1 aliphatic rings. The van der Waals surface area contributed by atoms with Gasteiger partial charge in [-0.15, -0.1) is 0 Å². The van der Waals surface area contributed by atoms with Crippen LogP contribution in [0.4, 0.5) is 0 Å². The van der Waals surface area contributed by atoms with Gasteiger partial charge in [-0.3, -0.25) is 4.79 Å². The third-order valence-electron chi connectivity index (χ3n) is 2.44. The number of ether oxygens (including phenoxy) is 1. The molecular weight excluding hydrogens is 198 g/mol. The molecule has 0 aromatic carbocycles. The van der Waals surface area contributed by atoms with E-state index in [1.807, 2.05) is 13.2 Å². The second-order valence-electron chi connectivity index (χ2n) is 3.65. The van der Waals surface area contributed by atoms with Gasteiger partial charge in [0.05, 0.1) is 12.1 Å². The maximum atomic E-state index is 11.4. The Balaban J connectivity index is 2.18. The van der Waals surface area contributed by atoms with E-state index in [0.717, 1.165) is 25.2 Å². The minimum Gasteiger partial charge on any atom is -0.376 e. The molecule has 1 amide bonds. The van der Waals surface area contributed by atoms with E-state index in [9.17, 15) is 4.79 Å². The van der Waals surface area contributed by atoms with Crippen molar-refractivity contribution in [1.82, 2.24) is 5.32 Å². The van der Waals surface area contributed by atoms with Crippen molar-refractivity contribution < 1.29 is 9.53 Å². The third-order valence-corrected chi connectivity index (χ3v) is 3.06. The largest absolute Gasteiger partial charge is 0.376 e. The van der Waals surface area contributed by atoms with Crippen molar-refractivity contribution in [1.29, 1.82) is 0 Å². The first-order valence-corrected chi connectivity index (χ1v) is 6.53. The molecule has 0 bridgehead atoms. The molecule has 1 fully saturated rings. The van der Waals surface area contributed by atoms with E-state index in [0.29, 0.717) is 6.42 Å². The fourth-order valence-corrected chi connectivity index (χ4v) is 2.00. The van der Waals surface area contributed by atoms with Crippen LogP contribution in [0.3, 0.4) is 0 Å². The van der Waals surface area contributed by atoms with Gasteiger partial charge in [0.2, 0.25) is 5.91 Å². The normalized spacial score (nSPS) is 23.4. The van der Waals surface area contributed by atoms with Gasteiger partial charge < -0.3 is 10.1 Å². The van der Waals surface area contributed by atoms with Crippen molar-refractivity contribution in [2.75, 3.05) is 18.6 Å².